The van der Waals surface area contributed by atoms with Crippen molar-refractivity contribution in [1.29, 1.82) is 0 Å². The van der Waals surface area contributed by atoms with E-state index in [-0.39, 0.29) is 5.82 Å². The highest BCUT2D eigenvalue weighted by Crippen LogP contribution is 2.28. The Hall–Kier alpha value is -1.88. The van der Waals surface area contributed by atoms with E-state index >= 15 is 0 Å². The number of rotatable bonds is 5. The molecule has 0 saturated heterocycles. The third kappa shape index (κ3) is 2.99. The Balaban J connectivity index is 2.29. The summed E-state index contributed by atoms with van der Waals surface area (Å²) in [5.41, 5.74) is 2.51. The van der Waals surface area contributed by atoms with Crippen LogP contribution in [0.1, 0.15) is 23.7 Å². The van der Waals surface area contributed by atoms with E-state index < -0.39 is 0 Å². The van der Waals surface area contributed by atoms with E-state index in [1.165, 1.54) is 6.07 Å². The van der Waals surface area contributed by atoms with Crippen molar-refractivity contribution >= 4 is 0 Å². The molecule has 108 valence electrons. The zero-order chi connectivity index (χ0) is 14.7. The number of benzene rings is 1. The highest BCUT2D eigenvalue weighted by Gasteiger charge is 2.15. The van der Waals surface area contributed by atoms with Gasteiger partial charge in [-0.3, -0.25) is 0 Å². The van der Waals surface area contributed by atoms with Crippen LogP contribution in [0.25, 0.3) is 0 Å². The summed E-state index contributed by atoms with van der Waals surface area (Å²) in [6, 6.07) is 4.87. The first-order valence-corrected chi connectivity index (χ1v) is 6.70. The van der Waals surface area contributed by atoms with Crippen molar-refractivity contribution in [3.8, 4) is 11.6 Å². The Morgan fingerprint density at radius 3 is 2.75 bits per heavy atom. The SMILES string of the molecule is CCNCc1c(C)nn(C)c1Oc1ccc(C)c(F)c1. The summed E-state index contributed by atoms with van der Waals surface area (Å²) in [5, 5.41) is 7.62. The highest BCUT2D eigenvalue weighted by molar-refractivity contribution is 5.36. The minimum Gasteiger partial charge on any atom is -0.439 e. The van der Waals surface area contributed by atoms with Gasteiger partial charge in [-0.15, -0.1) is 0 Å². The standard InChI is InChI=1S/C15H20FN3O/c1-5-17-9-13-11(3)18-19(4)15(13)20-12-7-6-10(2)14(16)8-12/h6-8,17H,5,9H2,1-4H3. The van der Waals surface area contributed by atoms with Gasteiger partial charge in [0.1, 0.15) is 11.6 Å². The first-order chi connectivity index (χ1) is 9.52. The van der Waals surface area contributed by atoms with E-state index in [0.29, 0.717) is 23.7 Å². The van der Waals surface area contributed by atoms with Crippen molar-refractivity contribution in [3.05, 3.63) is 40.8 Å². The average Bonchev–Trinajstić information content (AvgIpc) is 2.66. The van der Waals surface area contributed by atoms with Gasteiger partial charge in [-0.2, -0.15) is 5.10 Å². The van der Waals surface area contributed by atoms with Gasteiger partial charge < -0.3 is 10.1 Å². The number of hydrogen-bond acceptors (Lipinski definition) is 3. The molecule has 0 saturated carbocycles. The molecular formula is C15H20FN3O. The largest absolute Gasteiger partial charge is 0.439 e. The Morgan fingerprint density at radius 2 is 2.10 bits per heavy atom. The monoisotopic (exact) mass is 277 g/mol. The molecule has 4 nitrogen and oxygen atoms in total. The van der Waals surface area contributed by atoms with Crippen molar-refractivity contribution in [2.45, 2.75) is 27.3 Å². The number of hydrogen-bond donors (Lipinski definition) is 1. The van der Waals surface area contributed by atoms with Crippen LogP contribution in [-0.4, -0.2) is 16.3 Å². The van der Waals surface area contributed by atoms with Crippen molar-refractivity contribution in [2.24, 2.45) is 7.05 Å². The van der Waals surface area contributed by atoms with Crippen LogP contribution in [0, 0.1) is 19.7 Å². The third-order valence-corrected chi connectivity index (χ3v) is 3.20. The number of ether oxygens (including phenoxy) is 1. The molecule has 0 amide bonds. The lowest BCUT2D eigenvalue weighted by Gasteiger charge is -2.10. The summed E-state index contributed by atoms with van der Waals surface area (Å²) in [6.07, 6.45) is 0. The molecule has 1 aromatic carbocycles. The van der Waals surface area contributed by atoms with E-state index in [1.54, 1.807) is 23.7 Å². The minimum atomic E-state index is -0.269. The van der Waals surface area contributed by atoms with Crippen LogP contribution in [0.15, 0.2) is 18.2 Å². The van der Waals surface area contributed by atoms with Crippen LogP contribution in [-0.2, 0) is 13.6 Å². The van der Waals surface area contributed by atoms with Crippen LogP contribution in [0.2, 0.25) is 0 Å². The van der Waals surface area contributed by atoms with Gasteiger partial charge in [-0.05, 0) is 32.0 Å². The van der Waals surface area contributed by atoms with Crippen LogP contribution in [0.5, 0.6) is 11.6 Å². The number of aryl methyl sites for hydroxylation is 3. The molecule has 2 aromatic rings. The number of aromatic nitrogens is 2. The molecule has 5 heteroatoms. The highest BCUT2D eigenvalue weighted by atomic mass is 19.1. The summed E-state index contributed by atoms with van der Waals surface area (Å²) in [5.74, 6) is 0.857. The lowest BCUT2D eigenvalue weighted by molar-refractivity contribution is 0.420. The van der Waals surface area contributed by atoms with E-state index in [0.717, 1.165) is 17.8 Å². The molecule has 0 atom stereocenters. The second kappa shape index (κ2) is 6.05. The molecule has 1 heterocycles. The van der Waals surface area contributed by atoms with Crippen molar-refractivity contribution in [3.63, 3.8) is 0 Å². The topological polar surface area (TPSA) is 39.1 Å². The molecule has 0 fully saturated rings. The third-order valence-electron chi connectivity index (χ3n) is 3.20. The molecule has 1 aromatic heterocycles. The number of nitrogens with zero attached hydrogens (tertiary/aromatic N) is 2. The van der Waals surface area contributed by atoms with Crippen molar-refractivity contribution in [1.82, 2.24) is 15.1 Å². The Morgan fingerprint density at radius 1 is 1.35 bits per heavy atom. The second-order valence-corrected chi connectivity index (χ2v) is 4.79. The smallest absolute Gasteiger partial charge is 0.222 e. The maximum absolute atomic E-state index is 13.6. The Bertz CT molecular complexity index is 607. The number of halogens is 1. The molecule has 0 unspecified atom stereocenters. The maximum atomic E-state index is 13.6. The van der Waals surface area contributed by atoms with Gasteiger partial charge in [0.05, 0.1) is 11.3 Å². The fourth-order valence-corrected chi connectivity index (χ4v) is 2.01. The zero-order valence-corrected chi connectivity index (χ0v) is 12.3. The first-order valence-electron chi connectivity index (χ1n) is 6.70. The molecule has 20 heavy (non-hydrogen) atoms. The molecule has 1 N–H and O–H groups in total. The lowest BCUT2D eigenvalue weighted by Crippen LogP contribution is -2.12. The summed E-state index contributed by atoms with van der Waals surface area (Å²) >= 11 is 0. The molecule has 0 bridgehead atoms. The Labute approximate surface area is 118 Å². The van der Waals surface area contributed by atoms with Crippen LogP contribution in [0.4, 0.5) is 4.39 Å². The summed E-state index contributed by atoms with van der Waals surface area (Å²) in [6.45, 7) is 7.26. The fraction of sp³-hybridized carbons (Fsp3) is 0.400. The van der Waals surface area contributed by atoms with Crippen molar-refractivity contribution in [2.75, 3.05) is 6.54 Å². The van der Waals surface area contributed by atoms with Gasteiger partial charge >= 0.3 is 0 Å². The van der Waals surface area contributed by atoms with Gasteiger partial charge in [0.2, 0.25) is 5.88 Å². The first kappa shape index (κ1) is 14.5. The normalized spacial score (nSPS) is 10.8. The van der Waals surface area contributed by atoms with E-state index in [1.807, 2.05) is 20.9 Å². The average molecular weight is 277 g/mol. The lowest BCUT2D eigenvalue weighted by atomic mass is 10.2. The van der Waals surface area contributed by atoms with Gasteiger partial charge in [-0.1, -0.05) is 13.0 Å². The van der Waals surface area contributed by atoms with E-state index in [4.69, 9.17) is 4.74 Å². The molecule has 0 radical (unpaired) electrons. The molecule has 0 aliphatic carbocycles. The minimum absolute atomic E-state index is 0.269. The van der Waals surface area contributed by atoms with E-state index in [9.17, 15) is 4.39 Å². The fourth-order valence-electron chi connectivity index (χ4n) is 2.01. The van der Waals surface area contributed by atoms with E-state index in [2.05, 4.69) is 10.4 Å². The van der Waals surface area contributed by atoms with Gasteiger partial charge in [0.15, 0.2) is 0 Å². The van der Waals surface area contributed by atoms with Crippen LogP contribution < -0.4 is 10.1 Å². The van der Waals surface area contributed by atoms with Crippen LogP contribution >= 0.6 is 0 Å². The van der Waals surface area contributed by atoms with Crippen molar-refractivity contribution < 1.29 is 9.13 Å². The molecule has 0 aliphatic heterocycles. The molecular weight excluding hydrogens is 257 g/mol. The summed E-state index contributed by atoms with van der Waals surface area (Å²) in [7, 11) is 1.82. The molecule has 0 spiro atoms. The molecule has 2 rings (SSSR count). The quantitative estimate of drug-likeness (QED) is 0.913. The van der Waals surface area contributed by atoms with Crippen LogP contribution in [0.3, 0.4) is 0 Å². The zero-order valence-electron chi connectivity index (χ0n) is 12.3. The van der Waals surface area contributed by atoms with Gasteiger partial charge in [-0.25, -0.2) is 9.07 Å². The predicted octanol–water partition coefficient (Wildman–Crippen LogP) is 3.08. The predicted molar refractivity (Wildman–Crippen MR) is 76.5 cm³/mol. The Kier molecular flexibility index (Phi) is 4.39. The number of nitrogens with one attached hydrogen (secondary N) is 1. The summed E-state index contributed by atoms with van der Waals surface area (Å²) in [4.78, 5) is 0. The second-order valence-electron chi connectivity index (χ2n) is 4.79. The van der Waals surface area contributed by atoms with Gasteiger partial charge in [0.25, 0.3) is 0 Å². The summed E-state index contributed by atoms with van der Waals surface area (Å²) < 4.78 is 21.1. The van der Waals surface area contributed by atoms with Gasteiger partial charge in [0, 0.05) is 19.7 Å². The maximum Gasteiger partial charge on any atom is 0.222 e. The molecule has 0 aliphatic rings.